The molecule has 7 heteroatoms. The van der Waals surface area contributed by atoms with Crippen LogP contribution in [0.3, 0.4) is 0 Å². The van der Waals surface area contributed by atoms with E-state index < -0.39 is 15.4 Å². The minimum absolute atomic E-state index is 0.0579. The van der Waals surface area contributed by atoms with E-state index in [2.05, 4.69) is 9.80 Å². The maximum Gasteiger partial charge on any atom is 0.175 e. The molecule has 192 valence electrons. The number of aliphatic hydroxyl groups is 2. The average molecular weight is 509 g/mol. The highest BCUT2D eigenvalue weighted by molar-refractivity contribution is 7.90. The van der Waals surface area contributed by atoms with Crippen LogP contribution >= 0.6 is 0 Å². The van der Waals surface area contributed by atoms with Gasteiger partial charge in [0, 0.05) is 32.4 Å². The molecule has 1 unspecified atom stereocenters. The molecule has 36 heavy (non-hydrogen) atoms. The summed E-state index contributed by atoms with van der Waals surface area (Å²) < 4.78 is 23.4. The monoisotopic (exact) mass is 508 g/mol. The normalized spacial score (nSPS) is 17.4. The first-order valence-electron chi connectivity index (χ1n) is 12.5. The third-order valence-electron chi connectivity index (χ3n) is 7.07. The molecule has 2 N–H and O–H groups in total. The van der Waals surface area contributed by atoms with Gasteiger partial charge in [-0.05, 0) is 60.3 Å². The van der Waals surface area contributed by atoms with E-state index in [-0.39, 0.29) is 6.61 Å². The number of hydrogen-bond acceptors (Lipinski definition) is 6. The van der Waals surface area contributed by atoms with Gasteiger partial charge in [-0.15, -0.1) is 0 Å². The quantitative estimate of drug-likeness (QED) is 0.461. The summed E-state index contributed by atoms with van der Waals surface area (Å²) in [6, 6.07) is 24.5. The largest absolute Gasteiger partial charge is 0.392 e. The van der Waals surface area contributed by atoms with Gasteiger partial charge in [0.1, 0.15) is 5.60 Å². The molecule has 1 atom stereocenters. The van der Waals surface area contributed by atoms with Gasteiger partial charge in [-0.1, -0.05) is 66.7 Å². The molecule has 1 saturated heterocycles. The molecule has 3 aromatic carbocycles. The van der Waals surface area contributed by atoms with E-state index in [4.69, 9.17) is 0 Å². The van der Waals surface area contributed by atoms with Gasteiger partial charge in [0.05, 0.1) is 11.5 Å². The molecule has 0 spiro atoms. The van der Waals surface area contributed by atoms with Gasteiger partial charge >= 0.3 is 0 Å². The number of sulfone groups is 1. The van der Waals surface area contributed by atoms with Gasteiger partial charge in [0.25, 0.3) is 0 Å². The van der Waals surface area contributed by atoms with Crippen LogP contribution in [0.5, 0.6) is 0 Å². The topological polar surface area (TPSA) is 81.1 Å². The van der Waals surface area contributed by atoms with Crippen molar-refractivity contribution in [2.24, 2.45) is 0 Å². The highest BCUT2D eigenvalue weighted by Gasteiger charge is 2.32. The Morgan fingerprint density at radius 1 is 0.806 bits per heavy atom. The van der Waals surface area contributed by atoms with Crippen LogP contribution < -0.4 is 0 Å². The lowest BCUT2D eigenvalue weighted by Crippen LogP contribution is -2.36. The lowest BCUT2D eigenvalue weighted by atomic mass is 9.83. The molecule has 0 radical (unpaired) electrons. The molecular weight excluding hydrogens is 472 g/mol. The van der Waals surface area contributed by atoms with E-state index in [1.165, 1.54) is 6.26 Å². The maximum atomic E-state index is 11.9. The Hall–Kier alpha value is -2.55. The molecule has 4 rings (SSSR count). The summed E-state index contributed by atoms with van der Waals surface area (Å²) in [5.74, 6) is 0. The van der Waals surface area contributed by atoms with E-state index in [1.54, 1.807) is 12.1 Å². The first-order valence-corrected chi connectivity index (χ1v) is 14.4. The van der Waals surface area contributed by atoms with Gasteiger partial charge in [-0.25, -0.2) is 8.42 Å². The Labute approximate surface area is 214 Å². The molecular formula is C29H36N2O4S. The minimum Gasteiger partial charge on any atom is -0.392 e. The number of nitrogens with zero attached hydrogens (tertiary/aromatic N) is 2. The molecule has 0 amide bonds. The van der Waals surface area contributed by atoms with Crippen molar-refractivity contribution in [2.45, 2.75) is 36.5 Å². The average Bonchev–Trinajstić information content (AvgIpc) is 3.12. The highest BCUT2D eigenvalue weighted by atomic mass is 32.2. The predicted molar refractivity (Wildman–Crippen MR) is 142 cm³/mol. The van der Waals surface area contributed by atoms with Crippen molar-refractivity contribution in [1.82, 2.24) is 9.80 Å². The van der Waals surface area contributed by atoms with Crippen molar-refractivity contribution in [1.29, 1.82) is 0 Å². The second kappa shape index (κ2) is 11.7. The Balaban J connectivity index is 1.41. The molecule has 0 aromatic heterocycles. The van der Waals surface area contributed by atoms with E-state index in [0.29, 0.717) is 11.3 Å². The van der Waals surface area contributed by atoms with Crippen molar-refractivity contribution >= 4 is 9.84 Å². The standard InChI is InChI=1S/C29H36N2O4S/c1-36(34,35)28-13-11-24(12-14-28)22-31-17-6-16-30(19-20-31)18-15-29(33,26-8-3-2-4-9-26)27-10-5-7-25(21-27)23-32/h2-5,7-14,21,32-33H,6,15-20,22-23H2,1H3. The summed E-state index contributed by atoms with van der Waals surface area (Å²) in [6.45, 7) is 5.25. The molecule has 1 aliphatic rings. The minimum atomic E-state index is -3.18. The number of hydrogen-bond donors (Lipinski definition) is 2. The molecule has 0 saturated carbocycles. The summed E-state index contributed by atoms with van der Waals surface area (Å²) in [4.78, 5) is 5.17. The van der Waals surface area contributed by atoms with E-state index in [9.17, 15) is 18.6 Å². The molecule has 1 aliphatic heterocycles. The zero-order valence-corrected chi connectivity index (χ0v) is 21.7. The van der Waals surface area contributed by atoms with Crippen molar-refractivity contribution in [2.75, 3.05) is 39.0 Å². The lowest BCUT2D eigenvalue weighted by Gasteiger charge is -2.32. The van der Waals surface area contributed by atoms with Crippen LogP contribution in [0.4, 0.5) is 0 Å². The zero-order chi connectivity index (χ0) is 25.6. The first-order chi connectivity index (χ1) is 17.3. The summed E-state index contributed by atoms with van der Waals surface area (Å²) in [6.07, 6.45) is 2.82. The van der Waals surface area contributed by atoms with E-state index in [1.807, 2.05) is 66.7 Å². The maximum absolute atomic E-state index is 11.9. The van der Waals surface area contributed by atoms with E-state index in [0.717, 1.165) is 67.9 Å². The summed E-state index contributed by atoms with van der Waals surface area (Å²) in [7, 11) is -3.18. The van der Waals surface area contributed by atoms with Gasteiger partial charge in [-0.3, -0.25) is 4.90 Å². The summed E-state index contributed by atoms with van der Waals surface area (Å²) >= 11 is 0. The lowest BCUT2D eigenvalue weighted by molar-refractivity contribution is 0.0575. The first kappa shape index (κ1) is 26.5. The van der Waals surface area contributed by atoms with Crippen LogP contribution in [0.2, 0.25) is 0 Å². The summed E-state index contributed by atoms with van der Waals surface area (Å²) in [5.41, 5.74) is 2.41. The van der Waals surface area contributed by atoms with Crippen molar-refractivity contribution in [3.8, 4) is 0 Å². The summed E-state index contributed by atoms with van der Waals surface area (Å²) in [5, 5.41) is 21.6. The fraction of sp³-hybridized carbons (Fsp3) is 0.379. The molecule has 0 aliphatic carbocycles. The number of rotatable bonds is 9. The third kappa shape index (κ3) is 6.60. The van der Waals surface area contributed by atoms with Crippen LogP contribution in [0.25, 0.3) is 0 Å². The molecule has 6 nitrogen and oxygen atoms in total. The molecule has 3 aromatic rings. The second-order valence-corrected chi connectivity index (χ2v) is 11.7. The van der Waals surface area contributed by atoms with Crippen molar-refractivity contribution < 1.29 is 18.6 Å². The molecule has 1 heterocycles. The van der Waals surface area contributed by atoms with Crippen LogP contribution in [-0.2, 0) is 28.6 Å². The smallest absolute Gasteiger partial charge is 0.175 e. The Bertz CT molecular complexity index is 1230. The van der Waals surface area contributed by atoms with Crippen molar-refractivity contribution in [3.05, 3.63) is 101 Å². The van der Waals surface area contributed by atoms with Crippen LogP contribution in [0.1, 0.15) is 35.1 Å². The molecule has 0 bridgehead atoms. The fourth-order valence-corrected chi connectivity index (χ4v) is 5.55. The van der Waals surface area contributed by atoms with Crippen LogP contribution in [-0.4, -0.2) is 67.4 Å². The molecule has 1 fully saturated rings. The Morgan fingerprint density at radius 2 is 1.47 bits per heavy atom. The number of aliphatic hydroxyl groups excluding tert-OH is 1. The van der Waals surface area contributed by atoms with Gasteiger partial charge in [-0.2, -0.15) is 0 Å². The Kier molecular flexibility index (Phi) is 8.59. The highest BCUT2D eigenvalue weighted by Crippen LogP contribution is 2.34. The van der Waals surface area contributed by atoms with Crippen LogP contribution in [0.15, 0.2) is 83.8 Å². The van der Waals surface area contributed by atoms with Crippen molar-refractivity contribution in [3.63, 3.8) is 0 Å². The Morgan fingerprint density at radius 3 is 2.17 bits per heavy atom. The van der Waals surface area contributed by atoms with Gasteiger partial charge in [0.2, 0.25) is 0 Å². The van der Waals surface area contributed by atoms with Crippen LogP contribution in [0, 0.1) is 0 Å². The predicted octanol–water partition coefficient (Wildman–Crippen LogP) is 3.42. The fourth-order valence-electron chi connectivity index (χ4n) is 4.92. The zero-order valence-electron chi connectivity index (χ0n) is 20.9. The number of benzene rings is 3. The second-order valence-electron chi connectivity index (χ2n) is 9.72. The SMILES string of the molecule is CS(=O)(=O)c1ccc(CN2CCCN(CCC(O)(c3ccccc3)c3cccc(CO)c3)CC2)cc1. The van der Waals surface area contributed by atoms with Gasteiger partial charge < -0.3 is 15.1 Å². The third-order valence-corrected chi connectivity index (χ3v) is 8.20. The van der Waals surface area contributed by atoms with E-state index >= 15 is 0 Å². The van der Waals surface area contributed by atoms with Gasteiger partial charge in [0.15, 0.2) is 9.84 Å².